The van der Waals surface area contributed by atoms with Gasteiger partial charge in [0.15, 0.2) is 5.82 Å². The van der Waals surface area contributed by atoms with Gasteiger partial charge in [0, 0.05) is 35.9 Å². The Morgan fingerprint density at radius 3 is 3.11 bits per heavy atom. The molecule has 1 saturated heterocycles. The lowest BCUT2D eigenvalue weighted by Gasteiger charge is -2.33. The van der Waals surface area contributed by atoms with Crippen LogP contribution < -0.4 is 10.2 Å². The highest BCUT2D eigenvalue weighted by Gasteiger charge is 2.29. The molecular weight excluding hydrogens is 370 g/mol. The molecular formula is C21H25N5OS. The van der Waals surface area contributed by atoms with Crippen LogP contribution in [-0.4, -0.2) is 33.6 Å². The maximum Gasteiger partial charge on any atom is 0.225 e. The number of nitrogens with one attached hydrogen (secondary N) is 1. The van der Waals surface area contributed by atoms with Crippen LogP contribution in [0.4, 0.5) is 5.82 Å². The van der Waals surface area contributed by atoms with Crippen LogP contribution in [0.15, 0.2) is 29.9 Å². The van der Waals surface area contributed by atoms with Crippen molar-refractivity contribution in [2.45, 2.75) is 45.1 Å². The van der Waals surface area contributed by atoms with E-state index in [-0.39, 0.29) is 11.8 Å². The highest BCUT2D eigenvalue weighted by atomic mass is 32.1. The highest BCUT2D eigenvalue weighted by Crippen LogP contribution is 2.32. The number of nitrogens with zero attached hydrogens (tertiary/aromatic N) is 4. The van der Waals surface area contributed by atoms with E-state index in [4.69, 9.17) is 10.1 Å². The summed E-state index contributed by atoms with van der Waals surface area (Å²) in [6.07, 6.45) is 10.3. The van der Waals surface area contributed by atoms with Crippen molar-refractivity contribution < 1.29 is 4.79 Å². The minimum atomic E-state index is 0.00881. The second-order valence-electron chi connectivity index (χ2n) is 7.76. The number of fused-ring (bicyclic) bond motifs is 3. The summed E-state index contributed by atoms with van der Waals surface area (Å²) in [4.78, 5) is 21.0. The van der Waals surface area contributed by atoms with Gasteiger partial charge in [-0.3, -0.25) is 4.79 Å². The smallest absolute Gasteiger partial charge is 0.225 e. The Labute approximate surface area is 168 Å². The lowest BCUT2D eigenvalue weighted by atomic mass is 9.95. The summed E-state index contributed by atoms with van der Waals surface area (Å²) in [7, 11) is 0. The molecule has 3 aromatic rings. The normalized spacial score (nSPS) is 19.6. The van der Waals surface area contributed by atoms with Crippen LogP contribution in [0.25, 0.3) is 5.52 Å². The minimum absolute atomic E-state index is 0.00881. The van der Waals surface area contributed by atoms with Crippen LogP contribution in [0.3, 0.4) is 0 Å². The Kier molecular flexibility index (Phi) is 4.76. The van der Waals surface area contributed by atoms with Crippen molar-refractivity contribution in [3.63, 3.8) is 0 Å². The largest absolute Gasteiger partial charge is 0.354 e. The summed E-state index contributed by atoms with van der Waals surface area (Å²) in [5, 5.41) is 9.95. The van der Waals surface area contributed by atoms with E-state index in [2.05, 4.69) is 16.3 Å². The van der Waals surface area contributed by atoms with Crippen LogP contribution >= 0.6 is 11.3 Å². The zero-order valence-corrected chi connectivity index (χ0v) is 16.7. The van der Waals surface area contributed by atoms with E-state index < -0.39 is 0 Å². The number of hydrogen-bond acceptors (Lipinski definition) is 5. The van der Waals surface area contributed by atoms with Gasteiger partial charge in [-0.05, 0) is 50.0 Å². The Hall–Kier alpha value is -2.41. The van der Waals surface area contributed by atoms with Gasteiger partial charge in [0.1, 0.15) is 5.52 Å². The summed E-state index contributed by atoms with van der Waals surface area (Å²) in [5.41, 5.74) is 3.73. The second kappa shape index (κ2) is 7.54. The number of aromatic nitrogens is 3. The maximum atomic E-state index is 12.7. The molecule has 1 aliphatic carbocycles. The Morgan fingerprint density at radius 2 is 2.21 bits per heavy atom. The standard InChI is InChI=1S/C21H25N5OS/c27-21(23-13-16-6-4-12-28-16)15-5-3-10-25(14-15)20-19-17-7-1-2-8-18(17)24-26(19)11-9-22-20/h4,6,9,11-12,15H,1-3,5,7-8,10,13-14H2,(H,23,27). The lowest BCUT2D eigenvalue weighted by Crippen LogP contribution is -2.43. The van der Waals surface area contributed by atoms with E-state index in [1.807, 2.05) is 28.4 Å². The molecule has 7 heteroatoms. The molecule has 5 rings (SSSR count). The van der Waals surface area contributed by atoms with Crippen molar-refractivity contribution in [3.8, 4) is 0 Å². The first-order valence-electron chi connectivity index (χ1n) is 10.2. The highest BCUT2D eigenvalue weighted by molar-refractivity contribution is 7.09. The molecule has 28 heavy (non-hydrogen) atoms. The maximum absolute atomic E-state index is 12.7. The van der Waals surface area contributed by atoms with E-state index in [1.165, 1.54) is 29.0 Å². The number of anilines is 1. The molecule has 1 fully saturated rings. The molecule has 0 bridgehead atoms. The van der Waals surface area contributed by atoms with Crippen LogP contribution in [0, 0.1) is 5.92 Å². The second-order valence-corrected chi connectivity index (χ2v) is 8.79. The molecule has 4 heterocycles. The van der Waals surface area contributed by atoms with Gasteiger partial charge in [0.2, 0.25) is 5.91 Å². The van der Waals surface area contributed by atoms with Crippen LogP contribution in [0.2, 0.25) is 0 Å². The molecule has 1 N–H and O–H groups in total. The fraction of sp³-hybridized carbons (Fsp3) is 0.476. The van der Waals surface area contributed by atoms with Gasteiger partial charge < -0.3 is 10.2 Å². The van der Waals surface area contributed by atoms with Gasteiger partial charge in [-0.25, -0.2) is 9.50 Å². The van der Waals surface area contributed by atoms with E-state index in [0.29, 0.717) is 6.54 Å². The number of carbonyl (C=O) groups is 1. The third-order valence-corrected chi connectivity index (χ3v) is 6.78. The van der Waals surface area contributed by atoms with Crippen molar-refractivity contribution in [1.29, 1.82) is 0 Å². The molecule has 1 amide bonds. The molecule has 1 unspecified atom stereocenters. The molecule has 0 radical (unpaired) electrons. The summed E-state index contributed by atoms with van der Waals surface area (Å²) in [6, 6.07) is 4.08. The van der Waals surface area contributed by atoms with Crippen molar-refractivity contribution >= 4 is 28.6 Å². The number of hydrogen-bond donors (Lipinski definition) is 1. The molecule has 146 valence electrons. The van der Waals surface area contributed by atoms with Crippen molar-refractivity contribution in [1.82, 2.24) is 19.9 Å². The first kappa shape index (κ1) is 17.7. The minimum Gasteiger partial charge on any atom is -0.354 e. The third kappa shape index (κ3) is 3.28. The SMILES string of the molecule is O=C(NCc1cccs1)C1CCCN(c2nccn3nc4c(c23)CCCC4)C1. The Bertz CT molecular complexity index is 980. The number of thiophene rings is 1. The van der Waals surface area contributed by atoms with Gasteiger partial charge >= 0.3 is 0 Å². The van der Waals surface area contributed by atoms with Gasteiger partial charge in [-0.1, -0.05) is 6.07 Å². The van der Waals surface area contributed by atoms with Crippen molar-refractivity contribution in [2.24, 2.45) is 5.92 Å². The number of rotatable bonds is 4. The van der Waals surface area contributed by atoms with E-state index in [1.54, 1.807) is 11.3 Å². The van der Waals surface area contributed by atoms with E-state index >= 15 is 0 Å². The summed E-state index contributed by atoms with van der Waals surface area (Å²) < 4.78 is 2.00. The summed E-state index contributed by atoms with van der Waals surface area (Å²) in [5.74, 6) is 1.16. The molecule has 2 aliphatic rings. The van der Waals surface area contributed by atoms with Gasteiger partial charge in [0.05, 0.1) is 18.2 Å². The molecule has 0 spiro atoms. The first-order valence-corrected chi connectivity index (χ1v) is 11.1. The van der Waals surface area contributed by atoms with Gasteiger partial charge in [-0.2, -0.15) is 5.10 Å². The van der Waals surface area contributed by atoms with Crippen LogP contribution in [-0.2, 0) is 24.2 Å². The quantitative estimate of drug-likeness (QED) is 0.737. The zero-order valence-electron chi connectivity index (χ0n) is 15.9. The van der Waals surface area contributed by atoms with Crippen LogP contribution in [0.5, 0.6) is 0 Å². The fourth-order valence-corrected chi connectivity index (χ4v) is 5.14. The van der Waals surface area contributed by atoms with Gasteiger partial charge in [-0.15, -0.1) is 11.3 Å². The molecule has 0 saturated carbocycles. The number of carbonyl (C=O) groups excluding carboxylic acids is 1. The van der Waals surface area contributed by atoms with E-state index in [0.717, 1.165) is 50.1 Å². The lowest BCUT2D eigenvalue weighted by molar-refractivity contribution is -0.125. The molecule has 1 aliphatic heterocycles. The summed E-state index contributed by atoms with van der Waals surface area (Å²) in [6.45, 7) is 2.29. The van der Waals surface area contributed by atoms with Crippen LogP contribution in [0.1, 0.15) is 41.8 Å². The monoisotopic (exact) mass is 395 g/mol. The predicted octanol–water partition coefficient (Wildman–Crippen LogP) is 3.20. The number of aryl methyl sites for hydroxylation is 2. The number of piperidine rings is 1. The molecule has 1 atom stereocenters. The number of amides is 1. The summed E-state index contributed by atoms with van der Waals surface area (Å²) >= 11 is 1.68. The molecule has 3 aromatic heterocycles. The molecule has 0 aromatic carbocycles. The predicted molar refractivity (Wildman–Crippen MR) is 111 cm³/mol. The van der Waals surface area contributed by atoms with Crippen molar-refractivity contribution in [2.75, 3.05) is 18.0 Å². The zero-order chi connectivity index (χ0) is 18.9. The average Bonchev–Trinajstić information content (AvgIpc) is 3.39. The Morgan fingerprint density at radius 1 is 1.29 bits per heavy atom. The van der Waals surface area contributed by atoms with Gasteiger partial charge in [0.25, 0.3) is 0 Å². The fourth-order valence-electron chi connectivity index (χ4n) is 4.49. The van der Waals surface area contributed by atoms with E-state index in [9.17, 15) is 4.79 Å². The first-order chi connectivity index (χ1) is 13.8. The third-order valence-electron chi connectivity index (χ3n) is 5.91. The molecule has 6 nitrogen and oxygen atoms in total. The Balaban J connectivity index is 1.36. The van der Waals surface area contributed by atoms with Crippen molar-refractivity contribution in [3.05, 3.63) is 46.0 Å². The topological polar surface area (TPSA) is 62.5 Å². The average molecular weight is 396 g/mol.